The zero-order valence-corrected chi connectivity index (χ0v) is 11.1. The maximum Gasteiger partial charge on any atom is 0.320 e. The second kappa shape index (κ2) is 4.37. The van der Waals surface area contributed by atoms with E-state index in [1.165, 1.54) is 12.8 Å². The lowest BCUT2D eigenvalue weighted by Crippen LogP contribution is -2.43. The van der Waals surface area contributed by atoms with Crippen LogP contribution in [0.2, 0.25) is 0 Å². The van der Waals surface area contributed by atoms with Crippen molar-refractivity contribution in [1.29, 1.82) is 0 Å². The van der Waals surface area contributed by atoms with E-state index >= 15 is 0 Å². The molecule has 0 saturated heterocycles. The molecule has 0 atom stereocenters. The minimum atomic E-state index is -0.143. The van der Waals surface area contributed by atoms with Gasteiger partial charge < -0.3 is 5.32 Å². The third-order valence-corrected chi connectivity index (χ3v) is 3.99. The molecule has 0 aliphatic heterocycles. The number of carbonyl (C=O) groups excluding carboxylic acids is 1. The Labute approximate surface area is 116 Å². The fourth-order valence-corrected chi connectivity index (χ4v) is 2.73. The molecule has 2 aromatic heterocycles. The van der Waals surface area contributed by atoms with Gasteiger partial charge in [-0.2, -0.15) is 0 Å². The van der Waals surface area contributed by atoms with E-state index in [4.69, 9.17) is 0 Å². The van der Waals surface area contributed by atoms with Crippen molar-refractivity contribution >= 4 is 17.5 Å². The normalized spacial score (nSPS) is 20.7. The maximum atomic E-state index is 12.0. The number of nitrogens with zero attached hydrogens (tertiary/aromatic N) is 2. The van der Waals surface area contributed by atoms with Crippen LogP contribution in [0.5, 0.6) is 0 Å². The van der Waals surface area contributed by atoms with Crippen molar-refractivity contribution in [3.63, 3.8) is 0 Å². The Morgan fingerprint density at radius 3 is 2.90 bits per heavy atom. The summed E-state index contributed by atoms with van der Waals surface area (Å²) in [6.45, 7) is 0. The Kier molecular flexibility index (Phi) is 2.52. The number of allylic oxidation sites excluding steroid dienone is 1. The first-order chi connectivity index (χ1) is 9.79. The number of carbonyl (C=O) groups is 1. The highest BCUT2D eigenvalue weighted by Gasteiger charge is 2.30. The lowest BCUT2D eigenvalue weighted by molar-refractivity contribution is 0.245. The summed E-state index contributed by atoms with van der Waals surface area (Å²) in [6, 6.07) is 5.81. The summed E-state index contributed by atoms with van der Waals surface area (Å²) in [7, 11) is 0. The molecule has 2 heterocycles. The first kappa shape index (κ1) is 11.5. The van der Waals surface area contributed by atoms with Gasteiger partial charge in [-0.1, -0.05) is 17.2 Å². The van der Waals surface area contributed by atoms with Crippen LogP contribution in [0.25, 0.3) is 5.65 Å². The maximum absolute atomic E-state index is 12.0. The molecule has 0 radical (unpaired) electrons. The average Bonchev–Trinajstić information content (AvgIpc) is 3.10. The van der Waals surface area contributed by atoms with Crippen molar-refractivity contribution in [2.75, 3.05) is 5.32 Å². The zero-order chi connectivity index (χ0) is 13.5. The highest BCUT2D eigenvalue weighted by Crippen LogP contribution is 2.40. The van der Waals surface area contributed by atoms with E-state index in [2.05, 4.69) is 15.6 Å². The molecular formula is C15H16N4O. The molecule has 0 aromatic carbocycles. The van der Waals surface area contributed by atoms with Gasteiger partial charge in [0, 0.05) is 18.4 Å². The predicted molar refractivity (Wildman–Crippen MR) is 76.6 cm³/mol. The van der Waals surface area contributed by atoms with Gasteiger partial charge in [0.1, 0.15) is 11.5 Å². The number of pyridine rings is 1. The molecule has 0 spiro atoms. The van der Waals surface area contributed by atoms with Gasteiger partial charge >= 0.3 is 6.03 Å². The van der Waals surface area contributed by atoms with E-state index in [1.807, 2.05) is 28.8 Å². The van der Waals surface area contributed by atoms with Crippen molar-refractivity contribution in [2.24, 2.45) is 0 Å². The zero-order valence-electron chi connectivity index (χ0n) is 11.1. The number of aromatic nitrogens is 2. The predicted octanol–water partition coefficient (Wildman–Crippen LogP) is 2.71. The number of rotatable bonds is 2. The van der Waals surface area contributed by atoms with Gasteiger partial charge in [-0.3, -0.25) is 9.72 Å². The van der Waals surface area contributed by atoms with Gasteiger partial charge in [-0.15, -0.1) is 0 Å². The third kappa shape index (κ3) is 2.05. The highest BCUT2D eigenvalue weighted by molar-refractivity contribution is 5.89. The molecule has 2 fully saturated rings. The largest absolute Gasteiger partial charge is 0.334 e. The highest BCUT2D eigenvalue weighted by atomic mass is 16.2. The van der Waals surface area contributed by atoms with Crippen LogP contribution in [0.3, 0.4) is 0 Å². The van der Waals surface area contributed by atoms with Crippen molar-refractivity contribution in [1.82, 2.24) is 14.7 Å². The van der Waals surface area contributed by atoms with Gasteiger partial charge in [0.05, 0.1) is 0 Å². The summed E-state index contributed by atoms with van der Waals surface area (Å²) in [4.78, 5) is 16.2. The lowest BCUT2D eigenvalue weighted by Gasteiger charge is -2.30. The van der Waals surface area contributed by atoms with E-state index in [-0.39, 0.29) is 6.03 Å². The van der Waals surface area contributed by atoms with E-state index in [0.29, 0.717) is 6.04 Å². The second-order valence-electron chi connectivity index (χ2n) is 5.48. The van der Waals surface area contributed by atoms with E-state index in [1.54, 1.807) is 17.3 Å². The first-order valence-electron chi connectivity index (χ1n) is 6.99. The molecule has 2 saturated carbocycles. The van der Waals surface area contributed by atoms with E-state index < -0.39 is 0 Å². The van der Waals surface area contributed by atoms with Crippen molar-refractivity contribution in [3.8, 4) is 0 Å². The summed E-state index contributed by atoms with van der Waals surface area (Å²) in [5.41, 5.74) is 4.01. The monoisotopic (exact) mass is 268 g/mol. The number of urea groups is 1. The molecule has 2 aliphatic carbocycles. The SMILES string of the molecule is O=C(Nc1cccc2nccn12)NC1CC(=C2CC2)C1. The Hall–Kier alpha value is -2.30. The number of anilines is 1. The number of hydrogen-bond donors (Lipinski definition) is 2. The van der Waals surface area contributed by atoms with Crippen LogP contribution < -0.4 is 10.6 Å². The van der Waals surface area contributed by atoms with E-state index in [0.717, 1.165) is 24.3 Å². The first-order valence-corrected chi connectivity index (χ1v) is 6.99. The van der Waals surface area contributed by atoms with Gasteiger partial charge in [-0.05, 0) is 37.8 Å². The summed E-state index contributed by atoms with van der Waals surface area (Å²) in [6.07, 6.45) is 8.16. The number of fused-ring (bicyclic) bond motifs is 1. The average molecular weight is 268 g/mol. The fourth-order valence-electron chi connectivity index (χ4n) is 2.73. The van der Waals surface area contributed by atoms with Crippen molar-refractivity contribution in [3.05, 3.63) is 41.7 Å². The van der Waals surface area contributed by atoms with Crippen LogP contribution in [-0.2, 0) is 0 Å². The third-order valence-electron chi connectivity index (χ3n) is 3.99. The summed E-state index contributed by atoms with van der Waals surface area (Å²) in [5.74, 6) is 0.734. The molecule has 0 unspecified atom stereocenters. The standard InChI is InChI=1S/C15H16N4O/c20-15(17-12-8-11(9-12)10-4-5-10)18-14-3-1-2-13-16-6-7-19(13)14/h1-3,6-7,12H,4-5,8-9H2,(H2,17,18,20). The molecule has 2 aromatic rings. The van der Waals surface area contributed by atoms with Crippen molar-refractivity contribution < 1.29 is 4.79 Å². The number of amides is 2. The minimum absolute atomic E-state index is 0.143. The van der Waals surface area contributed by atoms with Crippen LogP contribution >= 0.6 is 0 Å². The van der Waals surface area contributed by atoms with Crippen LogP contribution in [0.1, 0.15) is 25.7 Å². The van der Waals surface area contributed by atoms with Gasteiger partial charge in [0.15, 0.2) is 0 Å². The molecule has 5 heteroatoms. The number of hydrogen-bond acceptors (Lipinski definition) is 2. The number of nitrogens with one attached hydrogen (secondary N) is 2. The van der Waals surface area contributed by atoms with Gasteiger partial charge in [-0.25, -0.2) is 9.78 Å². The van der Waals surface area contributed by atoms with Crippen LogP contribution in [0, 0.1) is 0 Å². The summed E-state index contributed by atoms with van der Waals surface area (Å²) in [5, 5.41) is 5.90. The lowest BCUT2D eigenvalue weighted by atomic mass is 9.85. The van der Waals surface area contributed by atoms with Crippen LogP contribution in [0.4, 0.5) is 10.6 Å². The second-order valence-corrected chi connectivity index (χ2v) is 5.48. The topological polar surface area (TPSA) is 58.4 Å². The smallest absolute Gasteiger partial charge is 0.320 e. The molecule has 2 N–H and O–H groups in total. The Balaban J connectivity index is 1.40. The number of imidazole rings is 1. The van der Waals surface area contributed by atoms with Crippen LogP contribution in [0.15, 0.2) is 41.7 Å². The Morgan fingerprint density at radius 1 is 1.25 bits per heavy atom. The molecule has 102 valence electrons. The molecule has 0 bridgehead atoms. The quantitative estimate of drug-likeness (QED) is 0.823. The van der Waals surface area contributed by atoms with Gasteiger partial charge in [0.2, 0.25) is 0 Å². The molecule has 4 rings (SSSR count). The molecule has 5 nitrogen and oxygen atoms in total. The van der Waals surface area contributed by atoms with Gasteiger partial charge in [0.25, 0.3) is 0 Å². The fraction of sp³-hybridized carbons (Fsp3) is 0.333. The summed E-state index contributed by atoms with van der Waals surface area (Å²) < 4.78 is 1.86. The summed E-state index contributed by atoms with van der Waals surface area (Å²) >= 11 is 0. The van der Waals surface area contributed by atoms with Crippen molar-refractivity contribution in [2.45, 2.75) is 31.7 Å². The molecular weight excluding hydrogens is 252 g/mol. The van der Waals surface area contributed by atoms with E-state index in [9.17, 15) is 4.79 Å². The van der Waals surface area contributed by atoms with Crippen LogP contribution in [-0.4, -0.2) is 21.5 Å². The minimum Gasteiger partial charge on any atom is -0.334 e. The Bertz CT molecular complexity index is 701. The molecule has 2 amide bonds. The molecule has 2 aliphatic rings. The Morgan fingerprint density at radius 2 is 2.10 bits per heavy atom. The molecule has 20 heavy (non-hydrogen) atoms.